The van der Waals surface area contributed by atoms with Gasteiger partial charge in [0.25, 0.3) is 5.91 Å². The number of anilines is 4. The molecule has 0 unspecified atom stereocenters. The van der Waals surface area contributed by atoms with Gasteiger partial charge in [0.05, 0.1) is 53.0 Å². The van der Waals surface area contributed by atoms with Crippen molar-refractivity contribution in [1.29, 1.82) is 0 Å². The van der Waals surface area contributed by atoms with Gasteiger partial charge in [0, 0.05) is 25.2 Å². The monoisotopic (exact) mass is 550 g/mol. The summed E-state index contributed by atoms with van der Waals surface area (Å²) in [5, 5.41) is 8.70. The number of pyridine rings is 1. The number of morpholine rings is 1. The Labute approximate surface area is 228 Å². The van der Waals surface area contributed by atoms with Gasteiger partial charge >= 0.3 is 0 Å². The minimum atomic E-state index is -0.648. The first-order chi connectivity index (χ1) is 19.0. The van der Waals surface area contributed by atoms with Crippen LogP contribution in [0.2, 0.25) is 0 Å². The van der Waals surface area contributed by atoms with Crippen LogP contribution in [0.5, 0.6) is 0 Å². The third kappa shape index (κ3) is 5.10. The smallest absolute Gasteiger partial charge is 0.269 e. The van der Waals surface area contributed by atoms with Gasteiger partial charge in [-0.05, 0) is 30.4 Å². The molecule has 39 heavy (non-hydrogen) atoms. The van der Waals surface area contributed by atoms with Crippen molar-refractivity contribution >= 4 is 51.4 Å². The molecular formula is C27H30N6O5S. The van der Waals surface area contributed by atoms with Crippen molar-refractivity contribution in [2.75, 3.05) is 41.8 Å². The highest BCUT2D eigenvalue weighted by atomic mass is 32.1. The molecule has 204 valence electrons. The lowest BCUT2D eigenvalue weighted by molar-refractivity contribution is 0.0996. The van der Waals surface area contributed by atoms with Crippen LogP contribution in [0, 0.1) is 0 Å². The number of hydrogen-bond donors (Lipinski definition) is 4. The van der Waals surface area contributed by atoms with Gasteiger partial charge < -0.3 is 40.6 Å². The molecule has 12 heteroatoms. The molecular weight excluding hydrogens is 520 g/mol. The zero-order chi connectivity index (χ0) is 26.9. The molecule has 6 N–H and O–H groups in total. The standard InChI is InChI=1S/C27H30N6O5S/c28-17-3-1-2-4-18(17)31-15-11-20(23(27(29)35)30-13-15)32-19-5-10-39-26(19)16-14-37-25-21(34)12-22(38-24(16)25)33-6-8-36-9-7-33/h5,10-14,17-18,31-32H,1-4,6-9,28H2,(H2,29,35)/t17-,18-/m1/s1. The van der Waals surface area contributed by atoms with Crippen molar-refractivity contribution in [3.63, 3.8) is 0 Å². The fourth-order valence-corrected chi connectivity index (χ4v) is 6.03. The Morgan fingerprint density at radius 3 is 2.74 bits per heavy atom. The van der Waals surface area contributed by atoms with Crippen LogP contribution in [0.3, 0.4) is 0 Å². The van der Waals surface area contributed by atoms with Gasteiger partial charge in [-0.15, -0.1) is 11.3 Å². The first-order valence-corrected chi connectivity index (χ1v) is 13.9. The van der Waals surface area contributed by atoms with Crippen LogP contribution in [0.25, 0.3) is 21.6 Å². The number of nitrogens with two attached hydrogens (primary N) is 2. The molecule has 0 bridgehead atoms. The Morgan fingerprint density at radius 2 is 1.95 bits per heavy atom. The predicted octanol–water partition coefficient (Wildman–Crippen LogP) is 3.87. The molecule has 11 nitrogen and oxygen atoms in total. The molecule has 1 aliphatic carbocycles. The molecule has 0 radical (unpaired) electrons. The summed E-state index contributed by atoms with van der Waals surface area (Å²) >= 11 is 1.45. The van der Waals surface area contributed by atoms with E-state index in [-0.39, 0.29) is 28.8 Å². The van der Waals surface area contributed by atoms with Crippen LogP contribution < -0.4 is 32.4 Å². The number of thiophene rings is 1. The van der Waals surface area contributed by atoms with Crippen molar-refractivity contribution in [1.82, 2.24) is 4.98 Å². The van der Waals surface area contributed by atoms with E-state index >= 15 is 0 Å². The number of nitrogens with zero attached hydrogens (tertiary/aromatic N) is 2. The fourth-order valence-electron chi connectivity index (χ4n) is 5.18. The average molecular weight is 551 g/mol. The van der Waals surface area contributed by atoms with Crippen LogP contribution in [0.4, 0.5) is 22.9 Å². The number of aromatic nitrogens is 1. The van der Waals surface area contributed by atoms with Gasteiger partial charge in [-0.2, -0.15) is 0 Å². The maximum Gasteiger partial charge on any atom is 0.269 e. The first-order valence-electron chi connectivity index (χ1n) is 13.0. The van der Waals surface area contributed by atoms with Crippen LogP contribution in [0.1, 0.15) is 36.2 Å². The van der Waals surface area contributed by atoms with Crippen molar-refractivity contribution in [3.05, 3.63) is 52.0 Å². The van der Waals surface area contributed by atoms with E-state index in [1.165, 1.54) is 23.7 Å². The van der Waals surface area contributed by atoms with Crippen molar-refractivity contribution in [3.8, 4) is 10.4 Å². The van der Waals surface area contributed by atoms with E-state index in [9.17, 15) is 9.59 Å². The van der Waals surface area contributed by atoms with E-state index in [0.717, 1.165) is 36.2 Å². The molecule has 4 aromatic rings. The molecule has 2 fully saturated rings. The van der Waals surface area contributed by atoms with Crippen LogP contribution in [-0.2, 0) is 4.74 Å². The maximum atomic E-state index is 12.8. The number of amides is 1. The van der Waals surface area contributed by atoms with Crippen LogP contribution >= 0.6 is 11.3 Å². The number of rotatable bonds is 7. The summed E-state index contributed by atoms with van der Waals surface area (Å²) in [5.74, 6) is -0.172. The Bertz CT molecular complexity index is 1560. The second-order valence-corrected chi connectivity index (χ2v) is 10.7. The number of nitrogens with one attached hydrogen (secondary N) is 2. The lowest BCUT2D eigenvalue weighted by atomic mass is 9.91. The van der Waals surface area contributed by atoms with Crippen molar-refractivity contribution < 1.29 is 18.4 Å². The van der Waals surface area contributed by atoms with E-state index in [1.807, 2.05) is 22.4 Å². The molecule has 1 amide bonds. The Morgan fingerprint density at radius 1 is 1.13 bits per heavy atom. The minimum absolute atomic E-state index is 0.0563. The molecule has 0 spiro atoms. The van der Waals surface area contributed by atoms with Gasteiger partial charge in [-0.3, -0.25) is 9.59 Å². The van der Waals surface area contributed by atoms with Crippen LogP contribution in [0.15, 0.2) is 49.7 Å². The third-order valence-corrected chi connectivity index (χ3v) is 8.17. The average Bonchev–Trinajstić information content (AvgIpc) is 3.57. The quantitative estimate of drug-likeness (QED) is 0.266. The fraction of sp³-hybridized carbons (Fsp3) is 0.370. The SMILES string of the molecule is NC(=O)c1ncc(N[C@@H]2CCCC[C@H]2N)cc1Nc1ccsc1-c1coc2c(=O)cc(N3CCOCC3)oc12. The summed E-state index contributed by atoms with van der Waals surface area (Å²) in [6, 6.07) is 5.34. The Hall–Kier alpha value is -3.87. The second-order valence-electron chi connectivity index (χ2n) is 9.83. The van der Waals surface area contributed by atoms with Crippen molar-refractivity contribution in [2.24, 2.45) is 11.5 Å². The van der Waals surface area contributed by atoms with Gasteiger partial charge in [0.15, 0.2) is 17.2 Å². The number of ether oxygens (including phenoxy) is 1. The summed E-state index contributed by atoms with van der Waals surface area (Å²) in [5.41, 5.74) is 14.9. The Kier molecular flexibility index (Phi) is 6.98. The second kappa shape index (κ2) is 10.7. The van der Waals surface area contributed by atoms with Crippen molar-refractivity contribution in [2.45, 2.75) is 37.8 Å². The zero-order valence-electron chi connectivity index (χ0n) is 21.3. The number of primary amides is 1. The molecule has 5 heterocycles. The summed E-state index contributed by atoms with van der Waals surface area (Å²) in [7, 11) is 0. The normalized spacial score (nSPS) is 19.8. The summed E-state index contributed by atoms with van der Waals surface area (Å²) in [6.45, 7) is 2.39. The van der Waals surface area contributed by atoms with Gasteiger partial charge in [0.1, 0.15) is 6.26 Å². The molecule has 2 aliphatic rings. The highest BCUT2D eigenvalue weighted by Gasteiger charge is 2.24. The number of carbonyl (C=O) groups is 1. The summed E-state index contributed by atoms with van der Waals surface area (Å²) < 4.78 is 17.3. The first kappa shape index (κ1) is 25.4. The van der Waals surface area contributed by atoms with Gasteiger partial charge in [-0.25, -0.2) is 4.98 Å². The topological polar surface area (TPSA) is 162 Å². The van der Waals surface area contributed by atoms with Gasteiger partial charge in [-0.1, -0.05) is 12.8 Å². The largest absolute Gasteiger partial charge is 0.456 e. The van der Waals surface area contributed by atoms with E-state index in [1.54, 1.807) is 6.20 Å². The molecule has 6 rings (SSSR count). The van der Waals surface area contributed by atoms with Crippen LogP contribution in [-0.4, -0.2) is 49.3 Å². The maximum absolute atomic E-state index is 12.8. The highest BCUT2D eigenvalue weighted by Crippen LogP contribution is 2.41. The lowest BCUT2D eigenvalue weighted by Crippen LogP contribution is -2.42. The van der Waals surface area contributed by atoms with E-state index in [2.05, 4.69) is 15.6 Å². The highest BCUT2D eigenvalue weighted by molar-refractivity contribution is 7.14. The number of hydrogen-bond acceptors (Lipinski definition) is 11. The molecule has 1 saturated heterocycles. The summed E-state index contributed by atoms with van der Waals surface area (Å²) in [4.78, 5) is 32.2. The third-order valence-electron chi connectivity index (χ3n) is 7.22. The minimum Gasteiger partial charge on any atom is -0.456 e. The van der Waals surface area contributed by atoms with E-state index in [4.69, 9.17) is 25.0 Å². The molecule has 2 atom stereocenters. The number of carbonyl (C=O) groups excluding carboxylic acids is 1. The lowest BCUT2D eigenvalue weighted by Gasteiger charge is -2.30. The Balaban J connectivity index is 1.34. The molecule has 4 aromatic heterocycles. The molecule has 0 aromatic carbocycles. The number of fused-ring (bicyclic) bond motifs is 1. The van der Waals surface area contributed by atoms with E-state index < -0.39 is 5.91 Å². The zero-order valence-corrected chi connectivity index (χ0v) is 22.1. The summed E-state index contributed by atoms with van der Waals surface area (Å²) in [6.07, 6.45) is 7.31. The molecule has 1 saturated carbocycles. The predicted molar refractivity (Wildman–Crippen MR) is 151 cm³/mol. The van der Waals surface area contributed by atoms with E-state index in [0.29, 0.717) is 54.7 Å². The number of furan rings is 1. The molecule has 1 aliphatic heterocycles. The van der Waals surface area contributed by atoms with Gasteiger partial charge in [0.2, 0.25) is 11.0 Å².